The molecule has 0 amide bonds. The maximum absolute atomic E-state index is 12.5. The number of hydrogen-bond donors (Lipinski definition) is 0. The maximum atomic E-state index is 12.5. The Kier molecular flexibility index (Phi) is 3.82. The van der Waals surface area contributed by atoms with E-state index >= 15 is 0 Å². The van der Waals surface area contributed by atoms with Crippen molar-refractivity contribution in [2.24, 2.45) is 17.3 Å². The van der Waals surface area contributed by atoms with E-state index in [9.17, 15) is 4.79 Å². The quantitative estimate of drug-likeness (QED) is 0.751. The van der Waals surface area contributed by atoms with Crippen LogP contribution in [0.5, 0.6) is 5.75 Å². The van der Waals surface area contributed by atoms with Crippen molar-refractivity contribution < 1.29 is 9.53 Å². The van der Waals surface area contributed by atoms with Gasteiger partial charge in [0.05, 0.1) is 7.11 Å². The molecular formula is C22H28O2. The van der Waals surface area contributed by atoms with Gasteiger partial charge in [-0.2, -0.15) is 0 Å². The van der Waals surface area contributed by atoms with Crippen molar-refractivity contribution in [1.82, 2.24) is 0 Å². The van der Waals surface area contributed by atoms with Gasteiger partial charge in [0.2, 0.25) is 0 Å². The minimum Gasteiger partial charge on any atom is -0.496 e. The summed E-state index contributed by atoms with van der Waals surface area (Å²) in [7, 11) is 1.74. The zero-order valence-corrected chi connectivity index (χ0v) is 14.9. The van der Waals surface area contributed by atoms with Crippen LogP contribution in [-0.2, 0) is 11.2 Å². The predicted octanol–water partition coefficient (Wildman–Crippen LogP) is 5.15. The van der Waals surface area contributed by atoms with Crippen LogP contribution >= 0.6 is 0 Å². The number of Topliss-reactive ketones (excluding diaryl/α,β-unsaturated/α-hetero) is 1. The highest BCUT2D eigenvalue weighted by Gasteiger charge is 2.49. The second kappa shape index (κ2) is 5.75. The summed E-state index contributed by atoms with van der Waals surface area (Å²) in [6.07, 6.45) is 9.67. The first-order valence-electron chi connectivity index (χ1n) is 9.43. The Bertz CT molecular complexity index is 689. The normalized spacial score (nSPS) is 34.8. The molecule has 0 bridgehead atoms. The highest BCUT2D eigenvalue weighted by Crippen LogP contribution is 2.55. The first-order chi connectivity index (χ1) is 11.6. The highest BCUT2D eigenvalue weighted by molar-refractivity contribution is 5.87. The topological polar surface area (TPSA) is 26.3 Å². The van der Waals surface area contributed by atoms with Crippen molar-refractivity contribution in [2.45, 2.75) is 57.8 Å². The fourth-order valence-electron chi connectivity index (χ4n) is 5.71. The van der Waals surface area contributed by atoms with E-state index < -0.39 is 0 Å². The molecular weight excluding hydrogens is 296 g/mol. The molecule has 2 saturated carbocycles. The summed E-state index contributed by atoms with van der Waals surface area (Å²) < 4.78 is 5.60. The third-order valence-corrected chi connectivity index (χ3v) is 7.28. The molecule has 24 heavy (non-hydrogen) atoms. The zero-order valence-electron chi connectivity index (χ0n) is 14.9. The molecule has 4 unspecified atom stereocenters. The smallest absolute Gasteiger partial charge is 0.139 e. The first kappa shape index (κ1) is 15.9. The van der Waals surface area contributed by atoms with Gasteiger partial charge in [-0.1, -0.05) is 19.6 Å². The second-order valence-electron chi connectivity index (χ2n) is 8.25. The van der Waals surface area contributed by atoms with Crippen molar-refractivity contribution >= 4 is 11.9 Å². The largest absolute Gasteiger partial charge is 0.496 e. The lowest BCUT2D eigenvalue weighted by molar-refractivity contribution is -0.126. The number of fused-ring (bicyclic) bond motifs is 4. The molecule has 2 heteroatoms. The number of aryl methyl sites for hydroxylation is 1. The van der Waals surface area contributed by atoms with Crippen LogP contribution in [0, 0.1) is 17.3 Å². The van der Waals surface area contributed by atoms with Crippen molar-refractivity contribution in [3.05, 3.63) is 35.4 Å². The van der Waals surface area contributed by atoms with Crippen LogP contribution in [0.4, 0.5) is 0 Å². The van der Waals surface area contributed by atoms with E-state index in [1.54, 1.807) is 7.11 Å². The average molecular weight is 324 g/mol. The molecule has 1 aromatic carbocycles. The van der Waals surface area contributed by atoms with Gasteiger partial charge in [-0.05, 0) is 79.5 Å². The number of rotatable bonds is 2. The number of carbonyl (C=O) groups is 1. The molecule has 2 nitrogen and oxygen atoms in total. The molecule has 0 radical (unpaired) electrons. The molecule has 0 spiro atoms. The van der Waals surface area contributed by atoms with E-state index in [4.69, 9.17) is 4.74 Å². The van der Waals surface area contributed by atoms with E-state index in [0.29, 0.717) is 17.6 Å². The molecule has 0 aliphatic heterocycles. The summed E-state index contributed by atoms with van der Waals surface area (Å²) in [5, 5.41) is 0. The number of benzene rings is 1. The number of hydrogen-bond acceptors (Lipinski definition) is 2. The molecule has 3 aliphatic rings. The molecule has 0 N–H and O–H groups in total. The lowest BCUT2D eigenvalue weighted by atomic mass is 9.71. The van der Waals surface area contributed by atoms with Gasteiger partial charge in [-0.15, -0.1) is 0 Å². The monoisotopic (exact) mass is 324 g/mol. The molecule has 0 aromatic heterocycles. The second-order valence-corrected chi connectivity index (χ2v) is 8.25. The molecule has 0 saturated heterocycles. The van der Waals surface area contributed by atoms with E-state index in [-0.39, 0.29) is 5.41 Å². The Morgan fingerprint density at radius 1 is 1.25 bits per heavy atom. The molecule has 4 rings (SSSR count). The van der Waals surface area contributed by atoms with E-state index in [0.717, 1.165) is 49.3 Å². The highest BCUT2D eigenvalue weighted by atomic mass is 16.5. The number of carbonyl (C=O) groups excluding carboxylic acids is 1. The van der Waals surface area contributed by atoms with E-state index in [2.05, 4.69) is 25.6 Å². The van der Waals surface area contributed by atoms with Crippen LogP contribution in [0.3, 0.4) is 0 Å². The van der Waals surface area contributed by atoms with Crippen LogP contribution in [-0.4, -0.2) is 12.9 Å². The summed E-state index contributed by atoms with van der Waals surface area (Å²) in [5.41, 5.74) is 3.99. The van der Waals surface area contributed by atoms with Gasteiger partial charge in [-0.3, -0.25) is 4.79 Å². The lowest BCUT2D eigenvalue weighted by Crippen LogP contribution is -2.28. The first-order valence-corrected chi connectivity index (χ1v) is 9.43. The van der Waals surface area contributed by atoms with Gasteiger partial charge in [0.25, 0.3) is 0 Å². The van der Waals surface area contributed by atoms with Crippen LogP contribution < -0.4 is 4.74 Å². The van der Waals surface area contributed by atoms with Crippen molar-refractivity contribution in [3.63, 3.8) is 0 Å². The van der Waals surface area contributed by atoms with Gasteiger partial charge in [0.1, 0.15) is 11.5 Å². The van der Waals surface area contributed by atoms with Crippen LogP contribution in [0.1, 0.15) is 68.1 Å². The average Bonchev–Trinajstić information content (AvgIpc) is 2.79. The van der Waals surface area contributed by atoms with E-state index in [1.807, 2.05) is 6.08 Å². The van der Waals surface area contributed by atoms with Crippen LogP contribution in [0.2, 0.25) is 0 Å². The van der Waals surface area contributed by atoms with Crippen molar-refractivity contribution in [2.75, 3.05) is 7.11 Å². The molecule has 1 aromatic rings. The summed E-state index contributed by atoms with van der Waals surface area (Å²) in [6.45, 7) is 6.17. The molecule has 2 fully saturated rings. The van der Waals surface area contributed by atoms with Crippen LogP contribution in [0.15, 0.2) is 18.7 Å². The minimum absolute atomic E-state index is 0.0529. The summed E-state index contributed by atoms with van der Waals surface area (Å²) in [5.74, 6) is 3.39. The molecule has 128 valence electrons. The maximum Gasteiger partial charge on any atom is 0.139 e. The molecule has 4 atom stereocenters. The fourth-order valence-corrected chi connectivity index (χ4v) is 5.71. The van der Waals surface area contributed by atoms with Crippen molar-refractivity contribution in [1.29, 1.82) is 0 Å². The molecule has 3 aliphatic carbocycles. The Labute approximate surface area is 145 Å². The Morgan fingerprint density at radius 2 is 2.08 bits per heavy atom. The van der Waals surface area contributed by atoms with Gasteiger partial charge >= 0.3 is 0 Å². The summed E-state index contributed by atoms with van der Waals surface area (Å²) in [6, 6.07) is 4.53. The third-order valence-electron chi connectivity index (χ3n) is 7.28. The van der Waals surface area contributed by atoms with Crippen LogP contribution in [0.25, 0.3) is 6.08 Å². The number of ketones is 1. The molecule has 0 heterocycles. The summed E-state index contributed by atoms with van der Waals surface area (Å²) >= 11 is 0. The van der Waals surface area contributed by atoms with Gasteiger partial charge in [0, 0.05) is 17.4 Å². The Balaban J connectivity index is 1.71. The van der Waals surface area contributed by atoms with Gasteiger partial charge < -0.3 is 4.74 Å². The Hall–Kier alpha value is -1.57. The van der Waals surface area contributed by atoms with E-state index in [1.165, 1.54) is 24.0 Å². The summed E-state index contributed by atoms with van der Waals surface area (Å²) in [4.78, 5) is 12.5. The zero-order chi connectivity index (χ0) is 16.9. The number of ether oxygens (including phenoxy) is 1. The predicted molar refractivity (Wildman–Crippen MR) is 97.3 cm³/mol. The van der Waals surface area contributed by atoms with Crippen molar-refractivity contribution in [3.8, 4) is 5.75 Å². The fraction of sp³-hybridized carbons (Fsp3) is 0.591. The third kappa shape index (κ3) is 2.26. The lowest BCUT2D eigenvalue weighted by Gasteiger charge is -2.34. The van der Waals surface area contributed by atoms with Gasteiger partial charge in [0.15, 0.2) is 0 Å². The van der Waals surface area contributed by atoms with Gasteiger partial charge in [-0.25, -0.2) is 0 Å². The minimum atomic E-state index is -0.0529. The standard InChI is InChI=1S/C22H28O2/c1-4-14-11-15-5-6-16-12-17-7-8-21(23)22(17,2)10-9-18(16)19(15)13-20(14)24-3/h4,11,13,16-18H,1,5-10,12H2,2-3H3. The SMILES string of the molecule is C=Cc1cc2c(cc1OC)C1CCC3(C)C(=O)CCC3CC1CC2. The number of methoxy groups -OCH3 is 1. The Morgan fingerprint density at radius 3 is 2.83 bits per heavy atom.